The lowest BCUT2D eigenvalue weighted by Gasteiger charge is -2.19. The Hall–Kier alpha value is -1.94. The molecular formula is C19H13Cl3F6N2O. The highest BCUT2D eigenvalue weighted by Crippen LogP contribution is 2.41. The lowest BCUT2D eigenvalue weighted by atomic mass is 9.96. The van der Waals surface area contributed by atoms with Crippen LogP contribution in [0.25, 0.3) is 6.08 Å². The Balaban J connectivity index is 2.53. The minimum absolute atomic E-state index is 0.128. The van der Waals surface area contributed by atoms with Crippen LogP contribution in [-0.2, 0) is 6.18 Å². The number of carbonyl (C=O) groups excluding carboxylic acids is 1. The molecule has 1 amide bonds. The van der Waals surface area contributed by atoms with E-state index in [4.69, 9.17) is 40.6 Å². The topological polar surface area (TPSA) is 46.3 Å². The third-order valence-corrected chi connectivity index (χ3v) is 5.30. The Morgan fingerprint density at radius 3 is 2.03 bits per heavy atom. The molecule has 0 heterocycles. The van der Waals surface area contributed by atoms with Crippen LogP contribution in [0.3, 0.4) is 0 Å². The summed E-state index contributed by atoms with van der Waals surface area (Å²) < 4.78 is 80.9. The normalized spacial score (nSPS) is 13.5. The summed E-state index contributed by atoms with van der Waals surface area (Å²) in [5.41, 5.74) is -2.64. The molecule has 0 bridgehead atoms. The number of hydrazine groups is 1. The Kier molecular flexibility index (Phi) is 7.58. The van der Waals surface area contributed by atoms with Crippen LogP contribution in [-0.4, -0.2) is 24.1 Å². The fourth-order valence-corrected chi connectivity index (χ4v) is 3.26. The molecule has 0 fully saturated rings. The van der Waals surface area contributed by atoms with E-state index in [0.29, 0.717) is 17.2 Å². The van der Waals surface area contributed by atoms with E-state index in [1.807, 2.05) is 0 Å². The minimum atomic E-state index is -4.94. The molecule has 2 aromatic rings. The van der Waals surface area contributed by atoms with Crippen molar-refractivity contribution < 1.29 is 31.1 Å². The second-order valence-electron chi connectivity index (χ2n) is 6.40. The number of hydrogen-bond acceptors (Lipinski definition) is 2. The SMILES string of the molecule is CN(N)C(=O)c1ccc(/C=C/C(c2cc(Cl)c(Cl)c(Cl)c2)C(F)(F)F)cc1C(F)(F)F. The van der Waals surface area contributed by atoms with Crippen molar-refractivity contribution in [3.63, 3.8) is 0 Å². The van der Waals surface area contributed by atoms with Crippen LogP contribution in [0, 0.1) is 0 Å². The van der Waals surface area contributed by atoms with E-state index in [-0.39, 0.29) is 26.2 Å². The van der Waals surface area contributed by atoms with Crippen LogP contribution in [0.2, 0.25) is 15.1 Å². The number of amides is 1. The standard InChI is InChI=1S/C19H13Cl3F6N2O/c1-30(29)17(31)11-4-2-9(6-13(11)19(26,27)28)3-5-12(18(23,24)25)10-7-14(20)16(22)15(21)8-10/h2-8,12H,29H2,1H3/b5-3+. The number of nitrogens with two attached hydrogens (primary N) is 1. The first-order chi connectivity index (χ1) is 14.1. The summed E-state index contributed by atoms with van der Waals surface area (Å²) in [6.45, 7) is 0. The van der Waals surface area contributed by atoms with E-state index in [0.717, 1.165) is 37.4 Å². The van der Waals surface area contributed by atoms with Gasteiger partial charge in [0.05, 0.1) is 32.1 Å². The Bertz CT molecular complexity index is 996. The summed E-state index contributed by atoms with van der Waals surface area (Å²) in [5.74, 6) is 1.87. The molecule has 0 saturated carbocycles. The van der Waals surface area contributed by atoms with Gasteiger partial charge in [-0.2, -0.15) is 26.3 Å². The van der Waals surface area contributed by atoms with E-state index in [9.17, 15) is 31.1 Å². The lowest BCUT2D eigenvalue weighted by molar-refractivity contribution is -0.139. The highest BCUT2D eigenvalue weighted by molar-refractivity contribution is 6.48. The van der Waals surface area contributed by atoms with E-state index in [1.165, 1.54) is 0 Å². The van der Waals surface area contributed by atoms with Crippen LogP contribution in [0.4, 0.5) is 26.3 Å². The van der Waals surface area contributed by atoms with E-state index < -0.39 is 35.3 Å². The molecule has 2 aromatic carbocycles. The summed E-state index contributed by atoms with van der Waals surface area (Å²) in [7, 11) is 1.06. The van der Waals surface area contributed by atoms with Crippen LogP contribution in [0.1, 0.15) is 33.0 Å². The highest BCUT2D eigenvalue weighted by Gasteiger charge is 2.40. The molecule has 0 aliphatic rings. The lowest BCUT2D eigenvalue weighted by Crippen LogP contribution is -2.34. The molecular weight excluding hydrogens is 493 g/mol. The zero-order chi connectivity index (χ0) is 23.7. The van der Waals surface area contributed by atoms with Gasteiger partial charge in [-0.3, -0.25) is 9.80 Å². The summed E-state index contributed by atoms with van der Waals surface area (Å²) >= 11 is 17.3. The van der Waals surface area contributed by atoms with Crippen LogP contribution in [0.15, 0.2) is 36.4 Å². The molecule has 1 unspecified atom stereocenters. The maximum Gasteiger partial charge on any atom is 0.417 e. The highest BCUT2D eigenvalue weighted by atomic mass is 35.5. The van der Waals surface area contributed by atoms with E-state index >= 15 is 0 Å². The van der Waals surface area contributed by atoms with Gasteiger partial charge in [0.2, 0.25) is 0 Å². The van der Waals surface area contributed by atoms with Gasteiger partial charge >= 0.3 is 12.4 Å². The fraction of sp³-hybridized carbons (Fsp3) is 0.211. The number of carbonyl (C=O) groups is 1. The van der Waals surface area contributed by atoms with Gasteiger partial charge in [0.25, 0.3) is 5.91 Å². The number of benzene rings is 2. The predicted molar refractivity (Wildman–Crippen MR) is 107 cm³/mol. The van der Waals surface area contributed by atoms with Gasteiger partial charge in [0.1, 0.15) is 0 Å². The second kappa shape index (κ2) is 9.28. The van der Waals surface area contributed by atoms with Gasteiger partial charge in [-0.15, -0.1) is 0 Å². The first-order valence-corrected chi connectivity index (χ1v) is 9.39. The summed E-state index contributed by atoms with van der Waals surface area (Å²) in [5, 5.41) is -0.0786. The largest absolute Gasteiger partial charge is 0.417 e. The Morgan fingerprint density at radius 1 is 1.03 bits per heavy atom. The molecule has 0 aromatic heterocycles. The van der Waals surface area contributed by atoms with Crippen molar-refractivity contribution in [1.29, 1.82) is 0 Å². The van der Waals surface area contributed by atoms with Crippen molar-refractivity contribution >= 4 is 46.8 Å². The molecule has 0 saturated heterocycles. The van der Waals surface area contributed by atoms with Crippen molar-refractivity contribution in [2.45, 2.75) is 18.3 Å². The van der Waals surface area contributed by atoms with Crippen molar-refractivity contribution in [2.75, 3.05) is 7.05 Å². The first kappa shape index (κ1) is 25.3. The maximum atomic E-state index is 13.6. The average molecular weight is 506 g/mol. The molecule has 168 valence electrons. The number of alkyl halides is 6. The quantitative estimate of drug-likeness (QED) is 0.160. The zero-order valence-corrected chi connectivity index (χ0v) is 17.7. The van der Waals surface area contributed by atoms with Crippen molar-refractivity contribution in [3.05, 3.63) is 73.7 Å². The minimum Gasteiger partial charge on any atom is -0.280 e. The van der Waals surface area contributed by atoms with Crippen molar-refractivity contribution in [3.8, 4) is 0 Å². The predicted octanol–water partition coefficient (Wildman–Crippen LogP) is 6.97. The van der Waals surface area contributed by atoms with Gasteiger partial charge in [-0.25, -0.2) is 5.84 Å². The third-order valence-electron chi connectivity index (χ3n) is 4.10. The van der Waals surface area contributed by atoms with Gasteiger partial charge in [-0.05, 0) is 35.4 Å². The van der Waals surface area contributed by atoms with Gasteiger partial charge in [0.15, 0.2) is 0 Å². The maximum absolute atomic E-state index is 13.6. The molecule has 2 rings (SSSR count). The second-order valence-corrected chi connectivity index (χ2v) is 7.59. The molecule has 0 radical (unpaired) electrons. The molecule has 1 atom stereocenters. The summed E-state index contributed by atoms with van der Waals surface area (Å²) in [6.07, 6.45) is -8.24. The Labute approximate surface area is 187 Å². The number of halogens is 9. The van der Waals surface area contributed by atoms with Gasteiger partial charge in [0, 0.05) is 7.05 Å². The van der Waals surface area contributed by atoms with E-state index in [1.54, 1.807) is 0 Å². The summed E-state index contributed by atoms with van der Waals surface area (Å²) in [6, 6.07) is 4.41. The number of nitrogens with zero attached hydrogens (tertiary/aromatic N) is 1. The number of allylic oxidation sites excluding steroid dienone is 1. The molecule has 31 heavy (non-hydrogen) atoms. The van der Waals surface area contributed by atoms with Crippen LogP contribution < -0.4 is 5.84 Å². The zero-order valence-electron chi connectivity index (χ0n) is 15.5. The number of hydrogen-bond donors (Lipinski definition) is 1. The molecule has 2 N–H and O–H groups in total. The number of rotatable bonds is 4. The van der Waals surface area contributed by atoms with Crippen LogP contribution >= 0.6 is 34.8 Å². The fourth-order valence-electron chi connectivity index (χ4n) is 2.65. The third kappa shape index (κ3) is 6.06. The van der Waals surface area contributed by atoms with E-state index in [2.05, 4.69) is 0 Å². The van der Waals surface area contributed by atoms with Crippen LogP contribution in [0.5, 0.6) is 0 Å². The van der Waals surface area contributed by atoms with Crippen molar-refractivity contribution in [1.82, 2.24) is 5.01 Å². The Morgan fingerprint density at radius 2 is 1.58 bits per heavy atom. The molecule has 0 aliphatic carbocycles. The van der Waals surface area contributed by atoms with Crippen molar-refractivity contribution in [2.24, 2.45) is 5.84 Å². The molecule has 0 spiro atoms. The molecule has 3 nitrogen and oxygen atoms in total. The molecule has 0 aliphatic heterocycles. The average Bonchev–Trinajstić information content (AvgIpc) is 2.63. The summed E-state index contributed by atoms with van der Waals surface area (Å²) in [4.78, 5) is 11.9. The van der Waals surface area contributed by atoms with Gasteiger partial charge in [-0.1, -0.05) is 53.0 Å². The monoisotopic (exact) mass is 504 g/mol. The smallest absolute Gasteiger partial charge is 0.280 e. The molecule has 12 heteroatoms. The van der Waals surface area contributed by atoms with Gasteiger partial charge < -0.3 is 0 Å². The first-order valence-electron chi connectivity index (χ1n) is 8.26.